The molecule has 7 nitrogen and oxygen atoms in total. The fourth-order valence-electron chi connectivity index (χ4n) is 4.02. The van der Waals surface area contributed by atoms with Crippen LogP contribution in [0.2, 0.25) is 0 Å². The highest BCUT2D eigenvalue weighted by Crippen LogP contribution is 2.27. The summed E-state index contributed by atoms with van der Waals surface area (Å²) in [5, 5.41) is 2.59. The molecule has 0 saturated heterocycles. The average Bonchev–Trinajstić information content (AvgIpc) is 2.89. The third-order valence-electron chi connectivity index (χ3n) is 6.39. The molecule has 3 aromatic carbocycles. The molecule has 38 heavy (non-hydrogen) atoms. The third-order valence-corrected chi connectivity index (χ3v) is 8.67. The maximum Gasteiger partial charge on any atom is 0.264 e. The number of benzene rings is 3. The van der Waals surface area contributed by atoms with Gasteiger partial charge in [0.2, 0.25) is 11.8 Å². The van der Waals surface area contributed by atoms with Crippen molar-refractivity contribution in [2.24, 2.45) is 0 Å². The molecule has 2 amide bonds. The first-order valence-electron chi connectivity index (χ1n) is 12.4. The molecule has 0 bridgehead atoms. The van der Waals surface area contributed by atoms with Crippen LogP contribution in [-0.4, -0.2) is 44.8 Å². The maximum absolute atomic E-state index is 13.9. The molecule has 202 valence electrons. The number of anilines is 1. The largest absolute Gasteiger partial charge is 0.357 e. The number of amides is 2. The van der Waals surface area contributed by atoms with E-state index in [1.165, 1.54) is 24.1 Å². The number of halogens is 1. The minimum Gasteiger partial charge on any atom is -0.357 e. The van der Waals surface area contributed by atoms with Crippen molar-refractivity contribution in [1.29, 1.82) is 0 Å². The van der Waals surface area contributed by atoms with Gasteiger partial charge in [-0.25, -0.2) is 8.42 Å². The van der Waals surface area contributed by atoms with Crippen LogP contribution in [0.1, 0.15) is 43.4 Å². The first-order chi connectivity index (χ1) is 17.9. The quantitative estimate of drug-likeness (QED) is 0.345. The number of sulfonamides is 1. The Morgan fingerprint density at radius 1 is 0.947 bits per heavy atom. The van der Waals surface area contributed by atoms with Gasteiger partial charge in [0.25, 0.3) is 10.0 Å². The van der Waals surface area contributed by atoms with Crippen LogP contribution in [0.3, 0.4) is 0 Å². The number of nitrogens with one attached hydrogen (secondary N) is 1. The lowest BCUT2D eigenvalue weighted by Crippen LogP contribution is -2.50. The van der Waals surface area contributed by atoms with Crippen LogP contribution in [0, 0.1) is 6.92 Å². The predicted molar refractivity (Wildman–Crippen MR) is 154 cm³/mol. The van der Waals surface area contributed by atoms with Crippen molar-refractivity contribution < 1.29 is 18.0 Å². The zero-order valence-electron chi connectivity index (χ0n) is 22.3. The number of aryl methyl sites for hydroxylation is 1. The van der Waals surface area contributed by atoms with Crippen molar-refractivity contribution in [3.8, 4) is 0 Å². The molecule has 0 fully saturated rings. The zero-order valence-corrected chi connectivity index (χ0v) is 24.7. The molecule has 9 heteroatoms. The molecule has 0 spiro atoms. The molecule has 1 N–H and O–H groups in total. The Balaban J connectivity index is 2.04. The van der Waals surface area contributed by atoms with Crippen molar-refractivity contribution in [3.05, 3.63) is 94.0 Å². The minimum absolute atomic E-state index is 0.0849. The van der Waals surface area contributed by atoms with Crippen molar-refractivity contribution in [2.75, 3.05) is 17.9 Å². The van der Waals surface area contributed by atoms with Crippen molar-refractivity contribution in [3.63, 3.8) is 0 Å². The predicted octanol–water partition coefficient (Wildman–Crippen LogP) is 5.24. The second kappa shape index (κ2) is 12.6. The van der Waals surface area contributed by atoms with Crippen LogP contribution < -0.4 is 9.62 Å². The van der Waals surface area contributed by atoms with E-state index in [0.29, 0.717) is 5.69 Å². The van der Waals surface area contributed by atoms with Gasteiger partial charge in [0.1, 0.15) is 12.6 Å². The van der Waals surface area contributed by atoms with Crippen molar-refractivity contribution in [1.82, 2.24) is 10.2 Å². The maximum atomic E-state index is 13.9. The molecule has 1 unspecified atom stereocenters. The molecule has 3 aromatic rings. The monoisotopic (exact) mass is 599 g/mol. The molecular formula is C29H34BrN3O4S. The number of likely N-dealkylation sites (N-methyl/N-ethyl adjacent to an activating group) is 1. The topological polar surface area (TPSA) is 86.8 Å². The van der Waals surface area contributed by atoms with Gasteiger partial charge in [0.05, 0.1) is 10.6 Å². The lowest BCUT2D eigenvalue weighted by molar-refractivity contribution is -0.139. The summed E-state index contributed by atoms with van der Waals surface area (Å²) in [4.78, 5) is 27.9. The number of nitrogens with zero attached hydrogens (tertiary/aromatic N) is 2. The van der Waals surface area contributed by atoms with Crippen LogP contribution in [0.15, 0.2) is 82.2 Å². The molecule has 0 aliphatic heterocycles. The molecule has 3 rings (SSSR count). The van der Waals surface area contributed by atoms with E-state index < -0.39 is 28.5 Å². The van der Waals surface area contributed by atoms with Crippen LogP contribution >= 0.6 is 15.9 Å². The van der Waals surface area contributed by atoms with Crippen molar-refractivity contribution in [2.45, 2.75) is 51.1 Å². The highest BCUT2D eigenvalue weighted by molar-refractivity contribution is 9.10. The zero-order chi connectivity index (χ0) is 28.0. The SMILES string of the molecule is CNC(=O)C(C)N(Cc1cccc(Br)c1)C(=O)CN(c1ccc(C(C)C)cc1)S(=O)(=O)c1ccc(C)cc1. The fourth-order valence-corrected chi connectivity index (χ4v) is 5.88. The first-order valence-corrected chi connectivity index (χ1v) is 14.6. The Bertz CT molecular complexity index is 1370. The fraction of sp³-hybridized carbons (Fsp3) is 0.310. The normalized spacial score (nSPS) is 12.2. The summed E-state index contributed by atoms with van der Waals surface area (Å²) in [6.07, 6.45) is 0. The molecule has 0 aromatic heterocycles. The Labute approximate surface area is 234 Å². The summed E-state index contributed by atoms with van der Waals surface area (Å²) < 4.78 is 29.7. The van der Waals surface area contributed by atoms with Gasteiger partial charge in [0.15, 0.2) is 0 Å². The summed E-state index contributed by atoms with van der Waals surface area (Å²) in [6, 6.07) is 20.3. The molecule has 0 aliphatic rings. The van der Waals surface area contributed by atoms with E-state index in [1.54, 1.807) is 31.2 Å². The van der Waals surface area contributed by atoms with E-state index in [1.807, 2.05) is 43.3 Å². The van der Waals surface area contributed by atoms with Gasteiger partial charge in [0, 0.05) is 18.1 Å². The molecule has 1 atom stereocenters. The van der Waals surface area contributed by atoms with Crippen LogP contribution in [0.25, 0.3) is 0 Å². The van der Waals surface area contributed by atoms with Gasteiger partial charge in [-0.2, -0.15) is 0 Å². The lowest BCUT2D eigenvalue weighted by atomic mass is 10.0. The number of hydrogen-bond acceptors (Lipinski definition) is 4. The third kappa shape index (κ3) is 7.02. The summed E-state index contributed by atoms with van der Waals surface area (Å²) in [7, 11) is -2.58. The number of carbonyl (C=O) groups excluding carboxylic acids is 2. The van der Waals surface area contributed by atoms with E-state index in [9.17, 15) is 18.0 Å². The Morgan fingerprint density at radius 2 is 1.58 bits per heavy atom. The summed E-state index contributed by atoms with van der Waals surface area (Å²) in [5.41, 5.74) is 3.15. The van der Waals surface area contributed by atoms with Gasteiger partial charge in [-0.15, -0.1) is 0 Å². The van der Waals surface area contributed by atoms with E-state index in [4.69, 9.17) is 0 Å². The van der Waals surface area contributed by atoms with Crippen LogP contribution in [-0.2, 0) is 26.2 Å². The van der Waals surface area contributed by atoms with Gasteiger partial charge in [-0.3, -0.25) is 13.9 Å². The second-order valence-electron chi connectivity index (χ2n) is 9.51. The smallest absolute Gasteiger partial charge is 0.264 e. The molecule has 0 radical (unpaired) electrons. The van der Waals surface area contributed by atoms with E-state index in [2.05, 4.69) is 35.1 Å². The Kier molecular flexibility index (Phi) is 9.73. The number of rotatable bonds is 10. The Hall–Kier alpha value is -3.17. The van der Waals surface area contributed by atoms with E-state index in [0.717, 1.165) is 25.5 Å². The van der Waals surface area contributed by atoms with Crippen molar-refractivity contribution >= 4 is 43.5 Å². The number of carbonyl (C=O) groups is 2. The summed E-state index contributed by atoms with van der Waals surface area (Å²) >= 11 is 3.44. The van der Waals surface area contributed by atoms with Gasteiger partial charge in [-0.1, -0.05) is 71.7 Å². The highest BCUT2D eigenvalue weighted by atomic mass is 79.9. The van der Waals surface area contributed by atoms with Gasteiger partial charge < -0.3 is 10.2 Å². The standard InChI is InChI=1S/C29H34BrN3O4S/c1-20(2)24-11-13-26(14-12-24)33(38(36,37)27-15-9-21(3)10-16-27)19-28(34)32(22(4)29(35)31-5)18-23-7-6-8-25(30)17-23/h6-17,20,22H,18-19H2,1-5H3,(H,31,35). The molecule has 0 saturated carbocycles. The minimum atomic E-state index is -4.09. The molecular weight excluding hydrogens is 566 g/mol. The number of hydrogen-bond donors (Lipinski definition) is 1. The molecule has 0 heterocycles. The lowest BCUT2D eigenvalue weighted by Gasteiger charge is -2.32. The van der Waals surface area contributed by atoms with Crippen LogP contribution in [0.4, 0.5) is 5.69 Å². The summed E-state index contributed by atoms with van der Waals surface area (Å²) in [5.74, 6) is -0.575. The van der Waals surface area contributed by atoms with Crippen LogP contribution in [0.5, 0.6) is 0 Å². The van der Waals surface area contributed by atoms with Gasteiger partial charge >= 0.3 is 0 Å². The van der Waals surface area contributed by atoms with E-state index >= 15 is 0 Å². The van der Waals surface area contributed by atoms with Gasteiger partial charge in [-0.05, 0) is 67.3 Å². The first kappa shape index (κ1) is 29.4. The van der Waals surface area contributed by atoms with E-state index in [-0.39, 0.29) is 23.3 Å². The Morgan fingerprint density at radius 3 is 2.13 bits per heavy atom. The highest BCUT2D eigenvalue weighted by Gasteiger charge is 2.32. The average molecular weight is 601 g/mol. The second-order valence-corrected chi connectivity index (χ2v) is 12.3. The molecule has 0 aliphatic carbocycles. The summed E-state index contributed by atoms with van der Waals surface area (Å²) in [6.45, 7) is 7.29.